The molecule has 0 spiro atoms. The minimum Gasteiger partial charge on any atom is -0.358 e. The van der Waals surface area contributed by atoms with Crippen LogP contribution in [-0.2, 0) is 13.1 Å². The molecule has 1 N–H and O–H groups in total. The highest BCUT2D eigenvalue weighted by Crippen LogP contribution is 2.27. The normalized spacial score (nSPS) is 12.1. The number of nitrogens with one attached hydrogen (secondary N) is 1. The quantitative estimate of drug-likeness (QED) is 0.293. The summed E-state index contributed by atoms with van der Waals surface area (Å²) in [4.78, 5) is 10.4. The van der Waals surface area contributed by atoms with Crippen LogP contribution in [0.4, 0.5) is 21.2 Å². The first kappa shape index (κ1) is 21.8. The van der Waals surface area contributed by atoms with E-state index < -0.39 is 4.92 Å². The Labute approximate surface area is 190 Å². The van der Waals surface area contributed by atoms with E-state index in [-0.39, 0.29) is 24.1 Å². The van der Waals surface area contributed by atoms with Crippen LogP contribution in [0.1, 0.15) is 29.1 Å². The van der Waals surface area contributed by atoms with Crippen LogP contribution in [0, 0.1) is 22.9 Å². The second-order valence-electron chi connectivity index (χ2n) is 7.15. The van der Waals surface area contributed by atoms with Gasteiger partial charge in [0, 0.05) is 28.8 Å². The fourth-order valence-corrected chi connectivity index (χ4v) is 4.08. The van der Waals surface area contributed by atoms with Crippen LogP contribution in [0.15, 0.2) is 36.5 Å². The standard InChI is InChI=1S/C19H18ClFN8O2S/c1-11(9-28-12(2)8-17(26-28)29(30)31)18-23-24-19(32-18)22-16-6-7-27(25-16)10-13-14(20)4-3-5-15(13)21/h3-8,11H,9-10H2,1-2H3,(H,22,24,25)/t11-/m0/s1. The lowest BCUT2D eigenvalue weighted by molar-refractivity contribution is -0.389. The number of aryl methyl sites for hydroxylation is 1. The highest BCUT2D eigenvalue weighted by atomic mass is 35.5. The van der Waals surface area contributed by atoms with Gasteiger partial charge in [-0.1, -0.05) is 35.9 Å². The maximum atomic E-state index is 14.0. The maximum Gasteiger partial charge on any atom is 0.390 e. The highest BCUT2D eigenvalue weighted by Gasteiger charge is 2.20. The van der Waals surface area contributed by atoms with Gasteiger partial charge in [-0.25, -0.2) is 4.39 Å². The van der Waals surface area contributed by atoms with Gasteiger partial charge in [-0.05, 0) is 24.0 Å². The minimum absolute atomic E-state index is 0.0537. The van der Waals surface area contributed by atoms with Crippen molar-refractivity contribution in [3.05, 3.63) is 73.7 Å². The molecule has 1 atom stereocenters. The third-order valence-electron chi connectivity index (χ3n) is 4.72. The largest absolute Gasteiger partial charge is 0.390 e. The van der Waals surface area contributed by atoms with Crippen molar-refractivity contribution in [3.63, 3.8) is 0 Å². The van der Waals surface area contributed by atoms with E-state index >= 15 is 0 Å². The molecule has 4 rings (SSSR count). The first-order valence-electron chi connectivity index (χ1n) is 9.55. The van der Waals surface area contributed by atoms with Gasteiger partial charge >= 0.3 is 5.82 Å². The van der Waals surface area contributed by atoms with Gasteiger partial charge in [-0.2, -0.15) is 9.78 Å². The van der Waals surface area contributed by atoms with Crippen LogP contribution in [0.2, 0.25) is 5.02 Å². The number of nitrogens with zero attached hydrogens (tertiary/aromatic N) is 7. The van der Waals surface area contributed by atoms with Crippen LogP contribution in [0.3, 0.4) is 0 Å². The molecule has 0 amide bonds. The van der Waals surface area contributed by atoms with Gasteiger partial charge in [0.15, 0.2) is 5.82 Å². The van der Waals surface area contributed by atoms with Crippen molar-refractivity contribution in [2.24, 2.45) is 0 Å². The SMILES string of the molecule is Cc1cc([N+](=O)[O-])nn1C[C@H](C)c1nnc(Nc2ccn(Cc3c(F)cccc3Cl)n2)s1. The molecular formula is C19H18ClFN8O2S. The summed E-state index contributed by atoms with van der Waals surface area (Å²) in [6, 6.07) is 7.72. The summed E-state index contributed by atoms with van der Waals surface area (Å²) >= 11 is 7.43. The van der Waals surface area contributed by atoms with Gasteiger partial charge < -0.3 is 15.4 Å². The number of benzene rings is 1. The van der Waals surface area contributed by atoms with Gasteiger partial charge in [0.05, 0.1) is 29.9 Å². The molecule has 0 fully saturated rings. The lowest BCUT2D eigenvalue weighted by Crippen LogP contribution is -2.09. The van der Waals surface area contributed by atoms with Crippen LogP contribution in [0.25, 0.3) is 0 Å². The summed E-state index contributed by atoms with van der Waals surface area (Å²) in [5.41, 5.74) is 1.07. The highest BCUT2D eigenvalue weighted by molar-refractivity contribution is 7.15. The van der Waals surface area contributed by atoms with Gasteiger partial charge in [0.25, 0.3) is 0 Å². The van der Waals surface area contributed by atoms with Crippen LogP contribution < -0.4 is 5.32 Å². The van der Waals surface area contributed by atoms with Crippen molar-refractivity contribution in [2.45, 2.75) is 32.9 Å². The smallest absolute Gasteiger partial charge is 0.358 e. The molecule has 3 heterocycles. The van der Waals surface area contributed by atoms with Gasteiger partial charge in [0.1, 0.15) is 10.8 Å². The van der Waals surface area contributed by atoms with Gasteiger partial charge in [-0.15, -0.1) is 10.2 Å². The van der Waals surface area contributed by atoms with E-state index in [4.69, 9.17) is 11.6 Å². The lowest BCUT2D eigenvalue weighted by atomic mass is 10.2. The Balaban J connectivity index is 1.41. The molecule has 1 aromatic carbocycles. The zero-order chi connectivity index (χ0) is 22.8. The number of hydrogen-bond acceptors (Lipinski definition) is 8. The molecular weight excluding hydrogens is 459 g/mol. The fourth-order valence-electron chi connectivity index (χ4n) is 3.06. The number of nitro groups is 1. The summed E-state index contributed by atoms with van der Waals surface area (Å²) in [5.74, 6) is -0.0852. The maximum absolute atomic E-state index is 14.0. The Morgan fingerprint density at radius 1 is 1.31 bits per heavy atom. The number of anilines is 2. The topological polar surface area (TPSA) is 117 Å². The van der Waals surface area contributed by atoms with E-state index in [9.17, 15) is 14.5 Å². The third-order valence-corrected chi connectivity index (χ3v) is 6.15. The van der Waals surface area contributed by atoms with Crippen LogP contribution in [0.5, 0.6) is 0 Å². The van der Waals surface area contributed by atoms with E-state index in [1.54, 1.807) is 40.7 Å². The van der Waals surface area contributed by atoms with E-state index in [2.05, 4.69) is 25.7 Å². The Kier molecular flexibility index (Phi) is 6.15. The van der Waals surface area contributed by atoms with Crippen molar-refractivity contribution < 1.29 is 9.31 Å². The minimum atomic E-state index is -0.513. The second-order valence-corrected chi connectivity index (χ2v) is 8.57. The predicted octanol–water partition coefficient (Wildman–Crippen LogP) is 4.54. The Hall–Kier alpha value is -3.38. The molecule has 0 aliphatic carbocycles. The number of rotatable bonds is 8. The van der Waals surface area contributed by atoms with Gasteiger partial charge in [0.2, 0.25) is 5.13 Å². The molecule has 0 aliphatic heterocycles. The average molecular weight is 477 g/mol. The van der Waals surface area contributed by atoms with Crippen molar-refractivity contribution in [2.75, 3.05) is 5.32 Å². The summed E-state index contributed by atoms with van der Waals surface area (Å²) < 4.78 is 17.2. The van der Waals surface area contributed by atoms with Crippen LogP contribution >= 0.6 is 22.9 Å². The molecule has 3 aromatic heterocycles. The van der Waals surface area contributed by atoms with Crippen LogP contribution in [-0.4, -0.2) is 34.7 Å². The fraction of sp³-hybridized carbons (Fsp3) is 0.263. The second kappa shape index (κ2) is 9.01. The zero-order valence-electron chi connectivity index (χ0n) is 17.1. The number of halogens is 2. The van der Waals surface area contributed by atoms with Crippen molar-refractivity contribution >= 4 is 39.7 Å². The van der Waals surface area contributed by atoms with Gasteiger partial charge in [-0.3, -0.25) is 4.68 Å². The Morgan fingerprint density at radius 3 is 2.84 bits per heavy atom. The lowest BCUT2D eigenvalue weighted by Gasteiger charge is -2.06. The summed E-state index contributed by atoms with van der Waals surface area (Å²) in [5, 5.41) is 32.4. The summed E-state index contributed by atoms with van der Waals surface area (Å²) in [6.07, 6.45) is 1.71. The Bertz CT molecular complexity index is 1250. The number of aromatic nitrogens is 6. The van der Waals surface area contributed by atoms with E-state index in [1.807, 2.05) is 6.92 Å². The predicted molar refractivity (Wildman–Crippen MR) is 118 cm³/mol. The monoisotopic (exact) mass is 476 g/mol. The molecule has 0 saturated heterocycles. The van der Waals surface area contributed by atoms with E-state index in [0.717, 1.165) is 5.01 Å². The van der Waals surface area contributed by atoms with Crippen molar-refractivity contribution in [3.8, 4) is 0 Å². The summed E-state index contributed by atoms with van der Waals surface area (Å²) in [7, 11) is 0. The Morgan fingerprint density at radius 2 is 2.12 bits per heavy atom. The zero-order valence-corrected chi connectivity index (χ0v) is 18.6. The average Bonchev–Trinajstić information content (AvgIpc) is 3.47. The summed E-state index contributed by atoms with van der Waals surface area (Å²) in [6.45, 7) is 4.35. The molecule has 4 aromatic rings. The molecule has 166 valence electrons. The molecule has 0 aliphatic rings. The first-order chi connectivity index (χ1) is 15.3. The number of hydrogen-bond donors (Lipinski definition) is 1. The van der Waals surface area contributed by atoms with E-state index in [0.29, 0.717) is 33.8 Å². The molecule has 0 saturated carbocycles. The molecule has 10 nitrogen and oxygen atoms in total. The van der Waals surface area contributed by atoms with Crippen molar-refractivity contribution in [1.29, 1.82) is 0 Å². The molecule has 0 bridgehead atoms. The molecule has 0 radical (unpaired) electrons. The molecule has 13 heteroatoms. The first-order valence-corrected chi connectivity index (χ1v) is 10.7. The van der Waals surface area contributed by atoms with Crippen molar-refractivity contribution in [1.82, 2.24) is 29.8 Å². The van der Waals surface area contributed by atoms with E-state index in [1.165, 1.54) is 23.5 Å². The third kappa shape index (κ3) is 4.75. The molecule has 0 unspecified atom stereocenters. The molecule has 32 heavy (non-hydrogen) atoms.